The van der Waals surface area contributed by atoms with Crippen molar-refractivity contribution in [2.45, 2.75) is 16.1 Å². The average Bonchev–Trinajstić information content (AvgIpc) is 3.62. The third-order valence-electron chi connectivity index (χ3n) is 6.93. The molecule has 1 fully saturated rings. The number of aliphatic hydroxyl groups excluding tert-OH is 1. The van der Waals surface area contributed by atoms with Crippen molar-refractivity contribution >= 4 is 57.3 Å². The smallest absolute Gasteiger partial charge is 0.301 e. The molecule has 2 heterocycles. The lowest BCUT2D eigenvalue weighted by Gasteiger charge is -2.23. The lowest BCUT2D eigenvalue weighted by atomic mass is 9.95. The van der Waals surface area contributed by atoms with Gasteiger partial charge in [0.15, 0.2) is 15.9 Å². The molecule has 1 N–H and O–H groups in total. The number of methoxy groups -OCH3 is 1. The fraction of sp³-hybridized carbons (Fsp3) is 0.0909. The Morgan fingerprint density at radius 3 is 2.49 bits per heavy atom. The number of anilines is 1. The molecular formula is C33H23ClFN3O5S2. The largest absolute Gasteiger partial charge is 0.507 e. The van der Waals surface area contributed by atoms with Crippen LogP contribution < -0.4 is 14.4 Å². The van der Waals surface area contributed by atoms with Crippen LogP contribution in [0.2, 0.25) is 5.02 Å². The van der Waals surface area contributed by atoms with E-state index in [-0.39, 0.29) is 22.0 Å². The highest BCUT2D eigenvalue weighted by Gasteiger charge is 2.48. The Morgan fingerprint density at radius 1 is 0.978 bits per heavy atom. The summed E-state index contributed by atoms with van der Waals surface area (Å²) in [7, 11) is 1.32. The Labute approximate surface area is 270 Å². The van der Waals surface area contributed by atoms with Crippen LogP contribution in [-0.4, -0.2) is 34.1 Å². The number of aliphatic hydroxyl groups is 1. The van der Waals surface area contributed by atoms with E-state index in [4.69, 9.17) is 21.1 Å². The molecule has 12 heteroatoms. The van der Waals surface area contributed by atoms with Gasteiger partial charge in [-0.05, 0) is 59.7 Å². The summed E-state index contributed by atoms with van der Waals surface area (Å²) < 4.78 is 26.2. The van der Waals surface area contributed by atoms with E-state index in [0.717, 1.165) is 23.0 Å². The van der Waals surface area contributed by atoms with E-state index in [1.54, 1.807) is 42.5 Å². The molecule has 8 nitrogen and oxygen atoms in total. The number of amides is 1. The lowest BCUT2D eigenvalue weighted by molar-refractivity contribution is -0.132. The Hall–Kier alpha value is -4.71. The van der Waals surface area contributed by atoms with Gasteiger partial charge in [-0.2, -0.15) is 0 Å². The predicted molar refractivity (Wildman–Crippen MR) is 172 cm³/mol. The second-order valence-corrected chi connectivity index (χ2v) is 12.3. The lowest BCUT2D eigenvalue weighted by Crippen LogP contribution is -2.29. The number of ketones is 1. The predicted octanol–water partition coefficient (Wildman–Crippen LogP) is 8.05. The van der Waals surface area contributed by atoms with Gasteiger partial charge in [-0.15, -0.1) is 10.2 Å². The second-order valence-electron chi connectivity index (χ2n) is 9.74. The molecular weight excluding hydrogens is 637 g/mol. The minimum absolute atomic E-state index is 0.00115. The number of hydrogen-bond donors (Lipinski definition) is 1. The van der Waals surface area contributed by atoms with E-state index in [1.165, 1.54) is 35.9 Å². The second kappa shape index (κ2) is 13.1. The van der Waals surface area contributed by atoms with Gasteiger partial charge < -0.3 is 14.6 Å². The van der Waals surface area contributed by atoms with Gasteiger partial charge in [-0.25, -0.2) is 4.39 Å². The number of ether oxygens (including phenoxy) is 2. The van der Waals surface area contributed by atoms with Crippen LogP contribution in [0.4, 0.5) is 9.52 Å². The summed E-state index contributed by atoms with van der Waals surface area (Å²) in [6.07, 6.45) is 0. The van der Waals surface area contributed by atoms with Crippen molar-refractivity contribution in [2.24, 2.45) is 0 Å². The van der Waals surface area contributed by atoms with Crippen molar-refractivity contribution in [3.63, 3.8) is 0 Å². The quantitative estimate of drug-likeness (QED) is 0.0558. The highest BCUT2D eigenvalue weighted by atomic mass is 35.5. The number of halogens is 2. The van der Waals surface area contributed by atoms with Crippen LogP contribution in [0.5, 0.6) is 17.2 Å². The molecule has 1 amide bonds. The van der Waals surface area contributed by atoms with Crippen LogP contribution in [0.15, 0.2) is 107 Å². The fourth-order valence-electron chi connectivity index (χ4n) is 4.80. The molecule has 226 valence electrons. The molecule has 6 rings (SSSR count). The molecule has 1 unspecified atom stereocenters. The zero-order valence-electron chi connectivity index (χ0n) is 23.5. The Balaban J connectivity index is 1.41. The molecule has 1 atom stereocenters. The molecule has 45 heavy (non-hydrogen) atoms. The maximum absolute atomic E-state index is 14.7. The monoisotopic (exact) mass is 659 g/mol. The van der Waals surface area contributed by atoms with E-state index in [0.29, 0.717) is 32.2 Å². The first-order chi connectivity index (χ1) is 21.8. The number of hydrogen-bond acceptors (Lipinski definition) is 9. The van der Waals surface area contributed by atoms with E-state index in [1.807, 2.05) is 36.4 Å². The number of aromatic nitrogens is 2. The van der Waals surface area contributed by atoms with Crippen molar-refractivity contribution in [3.8, 4) is 17.2 Å². The molecule has 5 aromatic rings. The van der Waals surface area contributed by atoms with Crippen molar-refractivity contribution in [1.82, 2.24) is 10.2 Å². The van der Waals surface area contributed by atoms with Gasteiger partial charge in [-0.1, -0.05) is 83.2 Å². The summed E-state index contributed by atoms with van der Waals surface area (Å²) in [4.78, 5) is 28.4. The first-order valence-corrected chi connectivity index (χ1v) is 15.7. The molecule has 1 aliphatic rings. The standard InChI is InChI=1S/C33H23ClFN3O5S2/c1-42-26-15-14-20(17-25(26)35)29(39)27-28(19-9-7-12-23(16-19)43-22-10-3-2-4-11-22)38(31(41)30(27)40)32-36-37-33(45-32)44-18-21-8-5-6-13-24(21)34/h2-17,28,39H,18H2,1H3/b29-27-. The Kier molecular flexibility index (Phi) is 8.83. The fourth-order valence-corrected chi connectivity index (χ4v) is 6.95. The molecule has 1 aliphatic heterocycles. The molecule has 4 aromatic carbocycles. The molecule has 0 saturated carbocycles. The molecule has 0 radical (unpaired) electrons. The SMILES string of the molecule is COc1ccc(/C(O)=C2/C(=O)C(=O)N(c3nnc(SCc4ccccc4Cl)s3)C2c2cccc(Oc3ccccc3)c2)cc1F. The van der Waals surface area contributed by atoms with Crippen LogP contribution in [0.3, 0.4) is 0 Å². The third-order valence-corrected chi connectivity index (χ3v) is 9.41. The van der Waals surface area contributed by atoms with Crippen molar-refractivity contribution in [1.29, 1.82) is 0 Å². The van der Waals surface area contributed by atoms with Gasteiger partial charge in [-0.3, -0.25) is 14.5 Å². The maximum Gasteiger partial charge on any atom is 0.301 e. The summed E-state index contributed by atoms with van der Waals surface area (Å²) >= 11 is 8.81. The zero-order valence-corrected chi connectivity index (χ0v) is 25.9. The van der Waals surface area contributed by atoms with Crippen LogP contribution in [-0.2, 0) is 15.3 Å². The van der Waals surface area contributed by atoms with Crippen LogP contribution >= 0.6 is 34.7 Å². The summed E-state index contributed by atoms with van der Waals surface area (Å²) in [5, 5.41) is 20.7. The van der Waals surface area contributed by atoms with E-state index in [2.05, 4.69) is 10.2 Å². The number of thioether (sulfide) groups is 1. The molecule has 0 aliphatic carbocycles. The minimum Gasteiger partial charge on any atom is -0.507 e. The zero-order chi connectivity index (χ0) is 31.5. The van der Waals surface area contributed by atoms with Crippen molar-refractivity contribution in [2.75, 3.05) is 12.0 Å². The van der Waals surface area contributed by atoms with E-state index >= 15 is 0 Å². The number of carbonyl (C=O) groups is 2. The number of para-hydroxylation sites is 1. The topological polar surface area (TPSA) is 102 Å². The summed E-state index contributed by atoms with van der Waals surface area (Å²) in [5.41, 5.74) is 1.13. The van der Waals surface area contributed by atoms with E-state index in [9.17, 15) is 19.1 Å². The van der Waals surface area contributed by atoms with Gasteiger partial charge in [0, 0.05) is 16.3 Å². The summed E-state index contributed by atoms with van der Waals surface area (Å²) in [6.45, 7) is 0. The van der Waals surface area contributed by atoms with Crippen LogP contribution in [0.25, 0.3) is 5.76 Å². The highest BCUT2D eigenvalue weighted by Crippen LogP contribution is 2.45. The summed E-state index contributed by atoms with van der Waals surface area (Å²) in [6, 6.07) is 26.0. The van der Waals surface area contributed by atoms with Gasteiger partial charge in [0.2, 0.25) is 5.13 Å². The first kappa shape index (κ1) is 30.3. The van der Waals surface area contributed by atoms with E-state index < -0.39 is 29.3 Å². The van der Waals surface area contributed by atoms with Gasteiger partial charge >= 0.3 is 5.91 Å². The molecule has 0 spiro atoms. The number of benzene rings is 4. The van der Waals surface area contributed by atoms with Crippen LogP contribution in [0.1, 0.15) is 22.7 Å². The van der Waals surface area contributed by atoms with Crippen molar-refractivity contribution < 1.29 is 28.6 Å². The molecule has 1 saturated heterocycles. The van der Waals surface area contributed by atoms with Crippen LogP contribution in [0, 0.1) is 5.82 Å². The van der Waals surface area contributed by atoms with Gasteiger partial charge in [0.25, 0.3) is 5.78 Å². The molecule has 0 bridgehead atoms. The molecule has 1 aromatic heterocycles. The average molecular weight is 660 g/mol. The number of rotatable bonds is 9. The Morgan fingerprint density at radius 2 is 1.73 bits per heavy atom. The summed E-state index contributed by atoms with van der Waals surface area (Å²) in [5.74, 6) is -1.66. The van der Waals surface area contributed by atoms with Gasteiger partial charge in [0.05, 0.1) is 18.7 Å². The maximum atomic E-state index is 14.7. The number of nitrogens with zero attached hydrogens (tertiary/aromatic N) is 3. The highest BCUT2D eigenvalue weighted by molar-refractivity contribution is 8.00. The first-order valence-electron chi connectivity index (χ1n) is 13.5. The third kappa shape index (κ3) is 6.28. The number of carbonyl (C=O) groups excluding carboxylic acids is 2. The minimum atomic E-state index is -1.12. The van der Waals surface area contributed by atoms with Crippen molar-refractivity contribution in [3.05, 3.63) is 130 Å². The normalized spacial score (nSPS) is 15.8. The number of Topliss-reactive ketones (excluding diaryl/α,β-unsaturated/α-hetero) is 1. The Bertz CT molecular complexity index is 1930. The van der Waals surface area contributed by atoms with Gasteiger partial charge in [0.1, 0.15) is 17.3 Å².